The van der Waals surface area contributed by atoms with Crippen molar-refractivity contribution in [2.75, 3.05) is 11.9 Å². The van der Waals surface area contributed by atoms with Gasteiger partial charge in [0.15, 0.2) is 5.69 Å². The summed E-state index contributed by atoms with van der Waals surface area (Å²) in [5.74, 6) is -0.820. The summed E-state index contributed by atoms with van der Waals surface area (Å²) in [7, 11) is 0. The number of halogens is 1. The summed E-state index contributed by atoms with van der Waals surface area (Å²) < 4.78 is 0. The zero-order valence-electron chi connectivity index (χ0n) is 11.2. The number of benzene rings is 1. The molecule has 1 aromatic carbocycles. The van der Waals surface area contributed by atoms with Crippen LogP contribution in [0.15, 0.2) is 42.5 Å². The van der Waals surface area contributed by atoms with E-state index in [0.717, 1.165) is 5.56 Å². The molecule has 0 saturated heterocycles. The van der Waals surface area contributed by atoms with Gasteiger partial charge in [0, 0.05) is 0 Å². The van der Waals surface area contributed by atoms with Gasteiger partial charge in [-0.3, -0.25) is 0 Å². The van der Waals surface area contributed by atoms with Crippen LogP contribution in [0.2, 0.25) is 5.02 Å². The Bertz CT molecular complexity index is 620. The van der Waals surface area contributed by atoms with Gasteiger partial charge < -0.3 is 15.5 Å². The van der Waals surface area contributed by atoms with Crippen LogP contribution < -0.4 is 5.32 Å². The molecule has 0 radical (unpaired) electrons. The summed E-state index contributed by atoms with van der Waals surface area (Å²) in [4.78, 5) is 14.9. The third-order valence-corrected chi connectivity index (χ3v) is 3.25. The van der Waals surface area contributed by atoms with Gasteiger partial charge in [-0.25, -0.2) is 9.78 Å². The maximum absolute atomic E-state index is 11.0. The van der Waals surface area contributed by atoms with E-state index in [-0.39, 0.29) is 23.4 Å². The summed E-state index contributed by atoms with van der Waals surface area (Å²) in [6.45, 7) is -0.0956. The van der Waals surface area contributed by atoms with E-state index in [1.807, 2.05) is 30.3 Å². The average molecular weight is 307 g/mol. The second-order valence-corrected chi connectivity index (χ2v) is 4.95. The van der Waals surface area contributed by atoms with Crippen molar-refractivity contribution >= 4 is 23.4 Å². The fraction of sp³-hybridized carbons (Fsp3) is 0.200. The maximum Gasteiger partial charge on any atom is 0.356 e. The summed E-state index contributed by atoms with van der Waals surface area (Å²) >= 11 is 5.77. The van der Waals surface area contributed by atoms with E-state index in [0.29, 0.717) is 12.2 Å². The Balaban J connectivity index is 2.11. The zero-order valence-corrected chi connectivity index (χ0v) is 11.9. The smallest absolute Gasteiger partial charge is 0.356 e. The lowest BCUT2D eigenvalue weighted by atomic mass is 10.1. The number of aliphatic hydroxyl groups excluding tert-OH is 1. The monoisotopic (exact) mass is 306 g/mol. The predicted octanol–water partition coefficient (Wildman–Crippen LogP) is 2.45. The zero-order chi connectivity index (χ0) is 15.2. The van der Waals surface area contributed by atoms with Crippen LogP contribution in [-0.2, 0) is 6.42 Å². The quantitative estimate of drug-likeness (QED) is 0.763. The summed E-state index contributed by atoms with van der Waals surface area (Å²) in [5.41, 5.74) is 0.856. The average Bonchev–Trinajstić information content (AvgIpc) is 2.49. The first-order valence-corrected chi connectivity index (χ1v) is 6.79. The summed E-state index contributed by atoms with van der Waals surface area (Å²) in [6, 6.07) is 12.5. The van der Waals surface area contributed by atoms with Crippen LogP contribution in [0.1, 0.15) is 16.1 Å². The standard InChI is InChI=1S/C15H15ClN2O3/c16-12-6-7-13(18-14(12)15(20)21)17-11(9-19)8-10-4-2-1-3-5-10/h1-7,11,19H,8-9H2,(H,17,18)(H,20,21). The van der Waals surface area contributed by atoms with E-state index in [2.05, 4.69) is 10.3 Å². The fourth-order valence-corrected chi connectivity index (χ4v) is 2.13. The van der Waals surface area contributed by atoms with Crippen LogP contribution in [0, 0.1) is 0 Å². The van der Waals surface area contributed by atoms with Crippen molar-refractivity contribution in [1.29, 1.82) is 0 Å². The highest BCUT2D eigenvalue weighted by molar-refractivity contribution is 6.33. The third-order valence-electron chi connectivity index (χ3n) is 2.95. The van der Waals surface area contributed by atoms with Crippen LogP contribution in [0.4, 0.5) is 5.82 Å². The molecule has 0 aliphatic heterocycles. The largest absolute Gasteiger partial charge is 0.476 e. The molecule has 0 aliphatic carbocycles. The van der Waals surface area contributed by atoms with Crippen molar-refractivity contribution in [2.24, 2.45) is 0 Å². The van der Waals surface area contributed by atoms with E-state index in [9.17, 15) is 9.90 Å². The van der Waals surface area contributed by atoms with Gasteiger partial charge in [-0.15, -0.1) is 0 Å². The van der Waals surface area contributed by atoms with Crippen molar-refractivity contribution in [2.45, 2.75) is 12.5 Å². The van der Waals surface area contributed by atoms with Gasteiger partial charge in [-0.05, 0) is 24.1 Å². The van der Waals surface area contributed by atoms with Crippen LogP contribution in [0.25, 0.3) is 0 Å². The van der Waals surface area contributed by atoms with Gasteiger partial charge in [0.2, 0.25) is 0 Å². The highest BCUT2D eigenvalue weighted by Crippen LogP contribution is 2.17. The number of carboxylic acid groups (broad SMARTS) is 1. The van der Waals surface area contributed by atoms with Crippen molar-refractivity contribution in [3.05, 3.63) is 58.7 Å². The van der Waals surface area contributed by atoms with Gasteiger partial charge in [-0.1, -0.05) is 41.9 Å². The number of carboxylic acids is 1. The first-order valence-electron chi connectivity index (χ1n) is 6.41. The number of hydrogen-bond donors (Lipinski definition) is 3. The molecule has 6 heteroatoms. The minimum absolute atomic E-state index is 0.0802. The third kappa shape index (κ3) is 4.18. The lowest BCUT2D eigenvalue weighted by molar-refractivity contribution is 0.0691. The van der Waals surface area contributed by atoms with E-state index in [1.165, 1.54) is 6.07 Å². The molecule has 1 atom stereocenters. The fourth-order valence-electron chi connectivity index (χ4n) is 1.94. The molecular formula is C15H15ClN2O3. The molecule has 0 bridgehead atoms. The normalized spacial score (nSPS) is 11.9. The molecule has 2 aromatic rings. The molecule has 0 saturated carbocycles. The SMILES string of the molecule is O=C(O)c1nc(NC(CO)Cc2ccccc2)ccc1Cl. The Kier molecular flexibility index (Phi) is 5.14. The molecule has 0 amide bonds. The second kappa shape index (κ2) is 7.06. The van der Waals surface area contributed by atoms with E-state index in [4.69, 9.17) is 16.7 Å². The number of nitrogens with zero attached hydrogens (tertiary/aromatic N) is 1. The summed E-state index contributed by atoms with van der Waals surface area (Å²) in [5, 5.41) is 21.5. The number of pyridine rings is 1. The molecule has 1 heterocycles. The van der Waals surface area contributed by atoms with Crippen LogP contribution in [-0.4, -0.2) is 33.8 Å². The molecule has 2 rings (SSSR count). The Hall–Kier alpha value is -2.11. The van der Waals surface area contributed by atoms with Gasteiger partial charge in [-0.2, -0.15) is 0 Å². The van der Waals surface area contributed by atoms with Crippen molar-refractivity contribution in [3.63, 3.8) is 0 Å². The topological polar surface area (TPSA) is 82.5 Å². The highest BCUT2D eigenvalue weighted by atomic mass is 35.5. The molecular weight excluding hydrogens is 292 g/mol. The number of hydrogen-bond acceptors (Lipinski definition) is 4. The van der Waals surface area contributed by atoms with Crippen molar-refractivity contribution in [1.82, 2.24) is 4.98 Å². The Labute approximate surface area is 127 Å². The van der Waals surface area contributed by atoms with Gasteiger partial charge in [0.1, 0.15) is 5.82 Å². The van der Waals surface area contributed by atoms with Gasteiger partial charge in [0.05, 0.1) is 17.7 Å². The van der Waals surface area contributed by atoms with Gasteiger partial charge in [0.25, 0.3) is 0 Å². The molecule has 1 aromatic heterocycles. The molecule has 0 fully saturated rings. The van der Waals surface area contributed by atoms with E-state index in [1.54, 1.807) is 6.07 Å². The van der Waals surface area contributed by atoms with Crippen molar-refractivity contribution in [3.8, 4) is 0 Å². The number of aromatic carboxylic acids is 1. The maximum atomic E-state index is 11.0. The number of anilines is 1. The molecule has 0 spiro atoms. The van der Waals surface area contributed by atoms with E-state index < -0.39 is 5.97 Å². The highest BCUT2D eigenvalue weighted by Gasteiger charge is 2.14. The molecule has 3 N–H and O–H groups in total. The van der Waals surface area contributed by atoms with Crippen LogP contribution in [0.3, 0.4) is 0 Å². The number of aromatic nitrogens is 1. The Morgan fingerprint density at radius 2 is 1.95 bits per heavy atom. The molecule has 1 unspecified atom stereocenters. The molecule has 5 nitrogen and oxygen atoms in total. The lowest BCUT2D eigenvalue weighted by Gasteiger charge is -2.17. The number of aliphatic hydroxyl groups is 1. The second-order valence-electron chi connectivity index (χ2n) is 4.55. The Morgan fingerprint density at radius 3 is 2.57 bits per heavy atom. The first kappa shape index (κ1) is 15.3. The van der Waals surface area contributed by atoms with Gasteiger partial charge >= 0.3 is 5.97 Å². The minimum atomic E-state index is -1.19. The number of nitrogens with one attached hydrogen (secondary N) is 1. The van der Waals surface area contributed by atoms with Crippen LogP contribution >= 0.6 is 11.6 Å². The number of rotatable bonds is 6. The number of carbonyl (C=O) groups is 1. The summed E-state index contributed by atoms with van der Waals surface area (Å²) in [6.07, 6.45) is 0.601. The van der Waals surface area contributed by atoms with E-state index >= 15 is 0 Å². The predicted molar refractivity (Wildman–Crippen MR) is 80.8 cm³/mol. The molecule has 110 valence electrons. The lowest BCUT2D eigenvalue weighted by Crippen LogP contribution is -2.27. The van der Waals surface area contributed by atoms with Crippen molar-refractivity contribution < 1.29 is 15.0 Å². The first-order chi connectivity index (χ1) is 10.1. The molecule has 21 heavy (non-hydrogen) atoms. The Morgan fingerprint density at radius 1 is 1.24 bits per heavy atom. The minimum Gasteiger partial charge on any atom is -0.476 e. The van der Waals surface area contributed by atoms with Crippen LogP contribution in [0.5, 0.6) is 0 Å². The molecule has 0 aliphatic rings.